The van der Waals surface area contributed by atoms with Gasteiger partial charge in [-0.1, -0.05) is 129 Å². The number of rotatable bonds is 20. The van der Waals surface area contributed by atoms with Crippen LogP contribution >= 0.6 is 28.0 Å². The highest BCUT2D eigenvalue weighted by Gasteiger charge is 2.34. The molecule has 0 spiro atoms. The Balaban J connectivity index is 2.72. The minimum atomic E-state index is -4.55. The average Bonchev–Trinajstić information content (AvgIpc) is 2.72. The zero-order valence-electron chi connectivity index (χ0n) is 19.7. The third kappa shape index (κ3) is 15.5. The van der Waals surface area contributed by atoms with Gasteiger partial charge in [-0.25, -0.2) is 8.54 Å². The first-order chi connectivity index (χ1) is 14.9. The molecular formula is C24H45O4PS2. The van der Waals surface area contributed by atoms with Gasteiger partial charge in [0.25, 0.3) is 0 Å². The first kappa shape index (κ1) is 29.1. The van der Waals surface area contributed by atoms with Gasteiger partial charge in [0.05, 0.1) is 0 Å². The van der Waals surface area contributed by atoms with Gasteiger partial charge in [0.2, 0.25) is 0 Å². The van der Waals surface area contributed by atoms with Crippen molar-refractivity contribution in [2.75, 3.05) is 11.5 Å². The van der Waals surface area contributed by atoms with E-state index in [0.717, 1.165) is 42.1 Å². The normalized spacial score (nSPS) is 12.9. The number of benzene rings is 1. The summed E-state index contributed by atoms with van der Waals surface area (Å²) >= 11 is 0. The van der Waals surface area contributed by atoms with Crippen molar-refractivity contribution >= 4 is 28.0 Å². The molecule has 0 saturated heterocycles. The van der Waals surface area contributed by atoms with Crippen molar-refractivity contribution in [3.8, 4) is 0 Å². The lowest BCUT2D eigenvalue weighted by Crippen LogP contribution is -2.10. The van der Waals surface area contributed by atoms with Crippen LogP contribution in [0.25, 0.3) is 0 Å². The molecule has 0 bridgehead atoms. The summed E-state index contributed by atoms with van der Waals surface area (Å²) in [5.74, 6) is 1.50. The summed E-state index contributed by atoms with van der Waals surface area (Å²) in [6, 6.07) is 9.96. The SMILES string of the molecule is CCCCCCCCCS(CCCCCCCCC)(OP(=O)(O)O)Sc1ccccc1. The van der Waals surface area contributed by atoms with E-state index < -0.39 is 17.2 Å². The van der Waals surface area contributed by atoms with Crippen molar-refractivity contribution in [2.24, 2.45) is 0 Å². The van der Waals surface area contributed by atoms with Gasteiger partial charge in [-0.3, -0.25) is 0 Å². The first-order valence-corrected chi connectivity index (χ1v) is 17.0. The Bertz CT molecular complexity index is 577. The predicted molar refractivity (Wildman–Crippen MR) is 139 cm³/mol. The zero-order valence-corrected chi connectivity index (χ0v) is 22.2. The Hall–Kier alpha value is 0.0300. The standard InChI is InChI=1S/C24H45O4PS2/c1-3-5-7-9-11-13-18-22-31(28-29(25,26)27,30-24-20-16-15-17-21-24)23-19-14-12-10-8-6-4-2/h15-17,20-21H,3-14,18-19,22-23H2,1-2H3,(H2,25,26,27). The van der Waals surface area contributed by atoms with Crippen molar-refractivity contribution in [1.29, 1.82) is 0 Å². The molecule has 0 aliphatic rings. The molecule has 0 aromatic heterocycles. The number of unbranched alkanes of at least 4 members (excludes halogenated alkanes) is 12. The average molecular weight is 493 g/mol. The Morgan fingerprint density at radius 3 is 1.58 bits per heavy atom. The maximum atomic E-state index is 11.9. The van der Waals surface area contributed by atoms with Gasteiger partial charge in [-0.05, 0) is 25.0 Å². The Kier molecular flexibility index (Phi) is 16.4. The quantitative estimate of drug-likeness (QED) is 0.108. The lowest BCUT2D eigenvalue weighted by Gasteiger charge is -2.38. The molecule has 1 rings (SSSR count). The number of hydrogen-bond donors (Lipinski definition) is 2. The second kappa shape index (κ2) is 17.5. The molecule has 0 fully saturated rings. The maximum Gasteiger partial charge on any atom is 0.480 e. The molecule has 4 nitrogen and oxygen atoms in total. The van der Waals surface area contributed by atoms with Crippen molar-refractivity contribution in [3.63, 3.8) is 0 Å². The lowest BCUT2D eigenvalue weighted by atomic mass is 10.1. The maximum absolute atomic E-state index is 11.9. The molecule has 1 aromatic carbocycles. The van der Waals surface area contributed by atoms with Crippen molar-refractivity contribution in [1.82, 2.24) is 0 Å². The first-order valence-electron chi connectivity index (χ1n) is 12.2. The molecule has 0 unspecified atom stereocenters. The van der Waals surface area contributed by atoms with E-state index in [1.165, 1.54) is 64.2 Å². The highest BCUT2D eigenvalue weighted by molar-refractivity contribution is 8.92. The molecule has 0 atom stereocenters. The Morgan fingerprint density at radius 2 is 1.16 bits per heavy atom. The molecule has 0 radical (unpaired) electrons. The van der Waals surface area contributed by atoms with Crippen LogP contribution < -0.4 is 0 Å². The molecule has 0 aliphatic carbocycles. The van der Waals surface area contributed by atoms with Crippen molar-refractivity contribution in [2.45, 2.75) is 109 Å². The second-order valence-electron chi connectivity index (χ2n) is 8.36. The predicted octanol–water partition coefficient (Wildman–Crippen LogP) is 9.02. The molecule has 1 aromatic rings. The zero-order chi connectivity index (χ0) is 22.8. The molecule has 0 saturated carbocycles. The Morgan fingerprint density at radius 1 is 0.742 bits per heavy atom. The van der Waals surface area contributed by atoms with Crippen molar-refractivity contribution in [3.05, 3.63) is 30.3 Å². The van der Waals surface area contributed by atoms with Crippen LogP contribution in [0.3, 0.4) is 0 Å². The van der Waals surface area contributed by atoms with Crippen LogP contribution in [0.2, 0.25) is 0 Å². The molecule has 0 amide bonds. The van der Waals surface area contributed by atoms with Crippen LogP contribution in [-0.2, 0) is 8.54 Å². The topological polar surface area (TPSA) is 66.8 Å². The van der Waals surface area contributed by atoms with E-state index in [0.29, 0.717) is 0 Å². The van der Waals surface area contributed by atoms with E-state index in [1.54, 1.807) is 10.8 Å². The van der Waals surface area contributed by atoms with E-state index in [9.17, 15) is 14.4 Å². The van der Waals surface area contributed by atoms with E-state index in [2.05, 4.69) is 13.8 Å². The monoisotopic (exact) mass is 492 g/mol. The minimum absolute atomic E-state index is 0.751. The van der Waals surface area contributed by atoms with Crippen LogP contribution in [0.15, 0.2) is 35.2 Å². The van der Waals surface area contributed by atoms with Gasteiger partial charge < -0.3 is 9.79 Å². The summed E-state index contributed by atoms with van der Waals surface area (Å²) in [6.45, 7) is 4.45. The summed E-state index contributed by atoms with van der Waals surface area (Å²) in [5.41, 5.74) is 0. The van der Waals surface area contributed by atoms with Crippen LogP contribution in [0.5, 0.6) is 0 Å². The molecule has 7 heteroatoms. The van der Waals surface area contributed by atoms with Gasteiger partial charge in [0.1, 0.15) is 0 Å². The molecule has 182 valence electrons. The highest BCUT2D eigenvalue weighted by atomic mass is 33.2. The molecule has 2 N–H and O–H groups in total. The van der Waals surface area contributed by atoms with Crippen LogP contribution in [0.1, 0.15) is 104 Å². The van der Waals surface area contributed by atoms with Gasteiger partial charge in [0.15, 0.2) is 0 Å². The minimum Gasteiger partial charge on any atom is -0.302 e. The van der Waals surface area contributed by atoms with Gasteiger partial charge in [-0.15, -0.1) is 0 Å². The molecule has 31 heavy (non-hydrogen) atoms. The summed E-state index contributed by atoms with van der Waals surface area (Å²) in [7, 11) is -4.92. The van der Waals surface area contributed by atoms with Crippen LogP contribution in [0, 0.1) is 0 Å². The summed E-state index contributed by atoms with van der Waals surface area (Å²) in [4.78, 5) is 20.5. The van der Waals surface area contributed by atoms with Gasteiger partial charge in [0, 0.05) is 16.4 Å². The van der Waals surface area contributed by atoms with E-state index in [4.69, 9.17) is 3.97 Å². The van der Waals surface area contributed by atoms with Crippen LogP contribution in [0.4, 0.5) is 0 Å². The summed E-state index contributed by atoms with van der Waals surface area (Å²) in [5, 5.41) is 0. The van der Waals surface area contributed by atoms with Gasteiger partial charge in [-0.2, -0.15) is 0 Å². The Labute approximate surface area is 196 Å². The summed E-state index contributed by atoms with van der Waals surface area (Å²) in [6.07, 6.45) is 16.7. The fraction of sp³-hybridized carbons (Fsp3) is 0.750. The van der Waals surface area contributed by atoms with Gasteiger partial charge >= 0.3 is 7.82 Å². The van der Waals surface area contributed by atoms with E-state index in [-0.39, 0.29) is 0 Å². The van der Waals surface area contributed by atoms with Crippen LogP contribution in [-0.4, -0.2) is 21.3 Å². The molecule has 0 heterocycles. The third-order valence-corrected chi connectivity index (χ3v) is 12.8. The second-order valence-corrected chi connectivity index (χ2v) is 15.2. The lowest BCUT2D eigenvalue weighted by molar-refractivity contribution is 0.295. The number of phosphoric acid groups is 1. The molecular weight excluding hydrogens is 447 g/mol. The molecule has 0 aliphatic heterocycles. The fourth-order valence-electron chi connectivity index (χ4n) is 3.66. The highest BCUT2D eigenvalue weighted by Crippen LogP contribution is 2.71. The summed E-state index contributed by atoms with van der Waals surface area (Å²) < 4.78 is 17.6. The van der Waals surface area contributed by atoms with Crippen molar-refractivity contribution < 1.29 is 18.3 Å². The van der Waals surface area contributed by atoms with E-state index in [1.807, 2.05) is 30.3 Å². The van der Waals surface area contributed by atoms with E-state index >= 15 is 0 Å². The third-order valence-electron chi connectivity index (χ3n) is 5.34. The number of hydrogen-bond acceptors (Lipinski definition) is 3. The largest absolute Gasteiger partial charge is 0.480 e. The smallest absolute Gasteiger partial charge is 0.302 e. The fourth-order valence-corrected chi connectivity index (χ4v) is 11.7.